The summed E-state index contributed by atoms with van der Waals surface area (Å²) in [4.78, 5) is 4.93. The minimum atomic E-state index is 0.0413. The van der Waals surface area contributed by atoms with Crippen LogP contribution >= 0.6 is 0 Å². The lowest BCUT2D eigenvalue weighted by molar-refractivity contribution is 0.441. The summed E-state index contributed by atoms with van der Waals surface area (Å²) in [5.41, 5.74) is 2.59. The Balaban J connectivity index is 2.39. The fraction of sp³-hybridized carbons (Fsp3) is 0.429. The molecule has 0 aliphatic carbocycles. The van der Waals surface area contributed by atoms with Gasteiger partial charge in [0.2, 0.25) is 0 Å². The van der Waals surface area contributed by atoms with E-state index in [4.69, 9.17) is 0 Å². The number of benzene rings is 2. The van der Waals surface area contributed by atoms with E-state index < -0.39 is 0 Å². The van der Waals surface area contributed by atoms with Crippen LogP contribution < -0.4 is 9.80 Å². The summed E-state index contributed by atoms with van der Waals surface area (Å²) in [5.74, 6) is 0. The molecule has 0 spiro atoms. The summed E-state index contributed by atoms with van der Waals surface area (Å²) in [6.07, 6.45) is 0. The van der Waals surface area contributed by atoms with E-state index in [-0.39, 0.29) is 11.1 Å². The SMILES string of the molecule is CC(C)(C)N(CN(c1ccccc1)C(C)(C)C)c1ccccc1. The highest BCUT2D eigenvalue weighted by atomic mass is 15.4. The predicted octanol–water partition coefficient (Wildman–Crippen LogP) is 5.55. The normalized spacial score (nSPS) is 12.1. The van der Waals surface area contributed by atoms with Crippen molar-refractivity contribution in [2.24, 2.45) is 0 Å². The number of nitrogens with zero attached hydrogens (tertiary/aromatic N) is 2. The highest BCUT2D eigenvalue weighted by molar-refractivity contribution is 5.54. The van der Waals surface area contributed by atoms with Crippen LogP contribution in [0.15, 0.2) is 60.7 Å². The van der Waals surface area contributed by atoms with Gasteiger partial charge in [0, 0.05) is 22.5 Å². The van der Waals surface area contributed by atoms with E-state index in [0.29, 0.717) is 0 Å². The first kappa shape index (κ1) is 17.4. The van der Waals surface area contributed by atoms with Crippen molar-refractivity contribution in [2.45, 2.75) is 52.6 Å². The molecule has 0 aliphatic heterocycles. The first-order valence-electron chi connectivity index (χ1n) is 8.35. The molecule has 2 rings (SSSR count). The number of anilines is 2. The maximum absolute atomic E-state index is 2.46. The van der Waals surface area contributed by atoms with Gasteiger partial charge in [0.25, 0.3) is 0 Å². The Hall–Kier alpha value is -1.96. The Morgan fingerprint density at radius 3 is 1.13 bits per heavy atom. The van der Waals surface area contributed by atoms with Crippen LogP contribution in [0.5, 0.6) is 0 Å². The van der Waals surface area contributed by atoms with Crippen LogP contribution in [0.2, 0.25) is 0 Å². The largest absolute Gasteiger partial charge is 0.349 e. The summed E-state index contributed by atoms with van der Waals surface area (Å²) in [6, 6.07) is 21.3. The van der Waals surface area contributed by atoms with Crippen LogP contribution in [0.1, 0.15) is 41.5 Å². The van der Waals surface area contributed by atoms with Crippen molar-refractivity contribution < 1.29 is 0 Å². The van der Waals surface area contributed by atoms with Crippen molar-refractivity contribution >= 4 is 11.4 Å². The number of hydrogen-bond donors (Lipinski definition) is 0. The molecule has 0 bridgehead atoms. The van der Waals surface area contributed by atoms with E-state index >= 15 is 0 Å². The van der Waals surface area contributed by atoms with Crippen LogP contribution in [-0.2, 0) is 0 Å². The smallest absolute Gasteiger partial charge is 0.0913 e. The lowest BCUT2D eigenvalue weighted by atomic mass is 10.0. The molecule has 2 nitrogen and oxygen atoms in total. The molecule has 2 aromatic carbocycles. The lowest BCUT2D eigenvalue weighted by Crippen LogP contribution is -2.54. The molecule has 0 N–H and O–H groups in total. The average molecular weight is 310 g/mol. The average Bonchev–Trinajstić information content (AvgIpc) is 2.47. The van der Waals surface area contributed by atoms with E-state index in [1.807, 2.05) is 0 Å². The second kappa shape index (κ2) is 6.66. The summed E-state index contributed by atoms with van der Waals surface area (Å²) in [7, 11) is 0. The molecule has 124 valence electrons. The molecule has 0 atom stereocenters. The monoisotopic (exact) mass is 310 g/mol. The van der Waals surface area contributed by atoms with Gasteiger partial charge in [-0.3, -0.25) is 0 Å². The predicted molar refractivity (Wildman–Crippen MR) is 102 cm³/mol. The van der Waals surface area contributed by atoms with E-state index in [9.17, 15) is 0 Å². The van der Waals surface area contributed by atoms with Gasteiger partial charge in [0.1, 0.15) is 0 Å². The summed E-state index contributed by atoms with van der Waals surface area (Å²) in [6.45, 7) is 14.5. The van der Waals surface area contributed by atoms with Gasteiger partial charge in [0.05, 0.1) is 6.67 Å². The molecular formula is C21H30N2. The third-order valence-electron chi connectivity index (χ3n) is 4.04. The highest BCUT2D eigenvalue weighted by Crippen LogP contribution is 2.29. The van der Waals surface area contributed by atoms with Gasteiger partial charge >= 0.3 is 0 Å². The van der Waals surface area contributed by atoms with Gasteiger partial charge in [-0.05, 0) is 65.8 Å². The van der Waals surface area contributed by atoms with Crippen LogP contribution in [-0.4, -0.2) is 17.7 Å². The van der Waals surface area contributed by atoms with E-state index in [0.717, 1.165) is 6.67 Å². The Kier molecular flexibility index (Phi) is 5.03. The fourth-order valence-electron chi connectivity index (χ4n) is 2.72. The van der Waals surface area contributed by atoms with Gasteiger partial charge in [-0.1, -0.05) is 36.4 Å². The molecule has 2 aromatic rings. The molecule has 0 aliphatic rings. The second-order valence-corrected chi connectivity index (χ2v) is 8.01. The maximum Gasteiger partial charge on any atom is 0.0913 e. The fourth-order valence-corrected chi connectivity index (χ4v) is 2.72. The third kappa shape index (κ3) is 4.51. The first-order valence-corrected chi connectivity index (χ1v) is 8.35. The van der Waals surface area contributed by atoms with Gasteiger partial charge in [-0.15, -0.1) is 0 Å². The van der Waals surface area contributed by atoms with Crippen molar-refractivity contribution in [3.8, 4) is 0 Å². The zero-order valence-electron chi connectivity index (χ0n) is 15.4. The molecule has 0 aromatic heterocycles. The Morgan fingerprint density at radius 1 is 0.565 bits per heavy atom. The van der Waals surface area contributed by atoms with Crippen molar-refractivity contribution in [1.29, 1.82) is 0 Å². The maximum atomic E-state index is 2.46. The third-order valence-corrected chi connectivity index (χ3v) is 4.04. The summed E-state index contributed by atoms with van der Waals surface area (Å²) in [5, 5.41) is 0. The minimum absolute atomic E-state index is 0.0413. The van der Waals surface area contributed by atoms with Crippen molar-refractivity contribution in [2.75, 3.05) is 16.5 Å². The Labute approximate surface area is 141 Å². The molecule has 23 heavy (non-hydrogen) atoms. The van der Waals surface area contributed by atoms with E-state index in [2.05, 4.69) is 112 Å². The van der Waals surface area contributed by atoms with E-state index in [1.165, 1.54) is 11.4 Å². The van der Waals surface area contributed by atoms with Gasteiger partial charge < -0.3 is 9.80 Å². The molecular weight excluding hydrogens is 280 g/mol. The standard InChI is InChI=1S/C21H30N2/c1-20(2,3)22(18-13-9-7-10-14-18)17-23(21(4,5)6)19-15-11-8-12-16-19/h7-16H,17H2,1-6H3. The topological polar surface area (TPSA) is 6.48 Å². The molecule has 0 unspecified atom stereocenters. The molecule has 0 heterocycles. The quantitative estimate of drug-likeness (QED) is 0.683. The van der Waals surface area contributed by atoms with Crippen molar-refractivity contribution in [1.82, 2.24) is 0 Å². The molecule has 0 amide bonds. The minimum Gasteiger partial charge on any atom is -0.349 e. The van der Waals surface area contributed by atoms with Crippen molar-refractivity contribution in [3.05, 3.63) is 60.7 Å². The van der Waals surface area contributed by atoms with Gasteiger partial charge in [-0.2, -0.15) is 0 Å². The first-order chi connectivity index (χ1) is 10.7. The Bertz CT molecular complexity index is 536. The van der Waals surface area contributed by atoms with Crippen LogP contribution in [0.4, 0.5) is 11.4 Å². The molecule has 2 heteroatoms. The second-order valence-electron chi connectivity index (χ2n) is 8.01. The van der Waals surface area contributed by atoms with E-state index in [1.54, 1.807) is 0 Å². The highest BCUT2D eigenvalue weighted by Gasteiger charge is 2.29. The number of hydrogen-bond acceptors (Lipinski definition) is 2. The molecule has 0 fully saturated rings. The van der Waals surface area contributed by atoms with Crippen LogP contribution in [0.25, 0.3) is 0 Å². The van der Waals surface area contributed by atoms with Crippen LogP contribution in [0, 0.1) is 0 Å². The molecule has 0 saturated carbocycles. The van der Waals surface area contributed by atoms with Crippen LogP contribution in [0.3, 0.4) is 0 Å². The molecule has 0 saturated heterocycles. The van der Waals surface area contributed by atoms with Gasteiger partial charge in [0.15, 0.2) is 0 Å². The summed E-state index contributed by atoms with van der Waals surface area (Å²) < 4.78 is 0. The Morgan fingerprint density at radius 2 is 0.870 bits per heavy atom. The number of rotatable bonds is 4. The van der Waals surface area contributed by atoms with Gasteiger partial charge in [-0.25, -0.2) is 0 Å². The molecule has 0 radical (unpaired) electrons. The lowest BCUT2D eigenvalue weighted by Gasteiger charge is -2.46. The zero-order chi connectivity index (χ0) is 17.1. The summed E-state index contributed by atoms with van der Waals surface area (Å²) >= 11 is 0. The zero-order valence-corrected chi connectivity index (χ0v) is 15.4. The van der Waals surface area contributed by atoms with Crippen molar-refractivity contribution in [3.63, 3.8) is 0 Å². The number of para-hydroxylation sites is 2.